The molecular weight excluding hydrogens is 607 g/mol. The minimum atomic E-state index is -8.67. The lowest BCUT2D eigenvalue weighted by molar-refractivity contribution is -0.461. The summed E-state index contributed by atoms with van der Waals surface area (Å²) in [6, 6.07) is 0. The van der Waals surface area contributed by atoms with E-state index < -0.39 is 73.1 Å². The maximum absolute atomic E-state index is 13.7. The first kappa shape index (κ1) is 38.0. The Kier molecular flexibility index (Phi) is 12.3. The fourth-order valence-electron chi connectivity index (χ4n) is 2.98. The second-order valence-electron chi connectivity index (χ2n) is 8.57. The number of ether oxygens (including phenoxy) is 1. The highest BCUT2D eigenvalue weighted by atomic mass is 19.4. The lowest BCUT2D eigenvalue weighted by Gasteiger charge is -2.42. The van der Waals surface area contributed by atoms with Gasteiger partial charge < -0.3 is 4.74 Å². The minimum Gasteiger partial charge on any atom is -0.465 e. The number of rotatable bonds is 18. The minimum absolute atomic E-state index is 0.0863. The average Bonchev–Trinajstić information content (AvgIpc) is 2.79. The van der Waals surface area contributed by atoms with Crippen LogP contribution in [0.2, 0.25) is 0 Å². The lowest BCUT2D eigenvalue weighted by atomic mass is 9.88. The fraction of sp³-hybridized carbons (Fsp3) is 0.857. The van der Waals surface area contributed by atoms with Crippen molar-refractivity contribution in [1.29, 1.82) is 0 Å². The van der Waals surface area contributed by atoms with Gasteiger partial charge in [0.05, 0.1) is 13.0 Å². The Morgan fingerprint density at radius 1 is 0.550 bits per heavy atom. The Hall–Kier alpha value is -1.98. The summed E-state index contributed by atoms with van der Waals surface area (Å²) in [4.78, 5) is 11.4. The number of halogens is 17. The van der Waals surface area contributed by atoms with Crippen molar-refractivity contribution < 1.29 is 84.2 Å². The zero-order valence-electron chi connectivity index (χ0n) is 20.1. The number of unbranched alkanes of at least 4 members (excludes halogenated alkanes) is 6. The maximum Gasteiger partial charge on any atom is 0.460 e. The van der Waals surface area contributed by atoms with Crippen LogP contribution in [0.25, 0.3) is 0 Å². The highest BCUT2D eigenvalue weighted by molar-refractivity contribution is 5.69. The molecule has 0 saturated carbocycles. The second kappa shape index (κ2) is 12.9. The third kappa shape index (κ3) is 7.26. The van der Waals surface area contributed by atoms with Gasteiger partial charge in [0.1, 0.15) is 0 Å². The number of carbonyl (C=O) groups excluding carboxylic acids is 1. The summed E-state index contributed by atoms with van der Waals surface area (Å²) in [7, 11) is 0. The van der Waals surface area contributed by atoms with Gasteiger partial charge in [0.15, 0.2) is 0 Å². The van der Waals surface area contributed by atoms with Crippen LogP contribution in [0.4, 0.5) is 74.6 Å². The molecule has 2 nitrogen and oxygen atoms in total. The van der Waals surface area contributed by atoms with Crippen LogP contribution in [0.15, 0.2) is 12.7 Å². The number of allylic oxidation sites excluding steroid dienone is 1. The Morgan fingerprint density at radius 2 is 0.925 bits per heavy atom. The molecule has 0 spiro atoms. The number of hydrogen-bond acceptors (Lipinski definition) is 2. The summed E-state index contributed by atoms with van der Waals surface area (Å²) in [6.45, 7) is 1.60. The van der Waals surface area contributed by atoms with Crippen molar-refractivity contribution in [1.82, 2.24) is 0 Å². The molecule has 0 radical (unpaired) electrons. The van der Waals surface area contributed by atoms with E-state index in [2.05, 4.69) is 11.3 Å². The van der Waals surface area contributed by atoms with Crippen molar-refractivity contribution in [3.05, 3.63) is 12.7 Å². The zero-order chi connectivity index (χ0) is 32.1. The number of alkyl halides is 17. The highest BCUT2D eigenvalue weighted by Crippen LogP contribution is 2.64. The van der Waals surface area contributed by atoms with Gasteiger partial charge in [-0.25, -0.2) is 0 Å². The molecule has 0 aliphatic heterocycles. The van der Waals surface area contributed by atoms with Gasteiger partial charge in [0, 0.05) is 6.42 Å². The van der Waals surface area contributed by atoms with Gasteiger partial charge in [-0.05, 0) is 19.3 Å². The van der Waals surface area contributed by atoms with Gasteiger partial charge in [-0.1, -0.05) is 31.8 Å². The van der Waals surface area contributed by atoms with E-state index in [4.69, 9.17) is 0 Å². The summed E-state index contributed by atoms with van der Waals surface area (Å²) in [5.74, 6) is -58.1. The van der Waals surface area contributed by atoms with Crippen LogP contribution >= 0.6 is 0 Å². The maximum atomic E-state index is 13.7. The molecule has 0 unspecified atom stereocenters. The van der Waals surface area contributed by atoms with E-state index in [0.717, 1.165) is 25.7 Å². The summed E-state index contributed by atoms with van der Waals surface area (Å²) in [5, 5.41) is 0. The van der Waals surface area contributed by atoms with Gasteiger partial charge >= 0.3 is 53.6 Å². The quantitative estimate of drug-likeness (QED) is 0.0654. The molecule has 0 fully saturated rings. The van der Waals surface area contributed by atoms with E-state index in [9.17, 15) is 79.4 Å². The molecule has 0 aliphatic carbocycles. The molecule has 0 N–H and O–H groups in total. The van der Waals surface area contributed by atoms with E-state index in [1.54, 1.807) is 6.08 Å². The largest absolute Gasteiger partial charge is 0.465 e. The molecular formula is C21H23F17O2. The smallest absolute Gasteiger partial charge is 0.460 e. The molecule has 0 aliphatic rings. The lowest BCUT2D eigenvalue weighted by Crippen LogP contribution is -2.74. The van der Waals surface area contributed by atoms with Crippen LogP contribution in [0.1, 0.15) is 57.8 Å². The Morgan fingerprint density at radius 3 is 1.35 bits per heavy atom. The monoisotopic (exact) mass is 630 g/mol. The molecule has 0 rings (SSSR count). The van der Waals surface area contributed by atoms with Crippen LogP contribution in [0, 0.1) is 0 Å². The molecule has 0 amide bonds. The summed E-state index contributed by atoms with van der Waals surface area (Å²) in [6.07, 6.45) is -5.14. The van der Waals surface area contributed by atoms with Gasteiger partial charge in [-0.15, -0.1) is 6.58 Å². The van der Waals surface area contributed by atoms with Crippen LogP contribution < -0.4 is 0 Å². The first-order valence-electron chi connectivity index (χ1n) is 11.2. The van der Waals surface area contributed by atoms with Gasteiger partial charge in [0.25, 0.3) is 0 Å². The Bertz CT molecular complexity index is 834. The van der Waals surface area contributed by atoms with E-state index in [0.29, 0.717) is 12.8 Å². The van der Waals surface area contributed by atoms with E-state index in [1.165, 1.54) is 0 Å². The fourth-order valence-corrected chi connectivity index (χ4v) is 2.98. The van der Waals surface area contributed by atoms with Crippen molar-refractivity contribution >= 4 is 5.97 Å². The molecule has 0 atom stereocenters. The standard InChI is InChI=1S/C21H23F17O2/c1-2-3-4-5-6-7-8-9-10-13(39)40-12-11-14(22,23)15(24,25)16(26,27)17(28,29)18(30,31)19(32,33)20(34,35)21(36,37)38/h2H,1,3-12H2. The van der Waals surface area contributed by atoms with Crippen molar-refractivity contribution in [3.63, 3.8) is 0 Å². The van der Waals surface area contributed by atoms with Crippen molar-refractivity contribution in [2.45, 2.75) is 105 Å². The van der Waals surface area contributed by atoms with Gasteiger partial charge in [-0.3, -0.25) is 4.79 Å². The van der Waals surface area contributed by atoms with Crippen molar-refractivity contribution in [2.75, 3.05) is 6.61 Å². The molecule has 19 heteroatoms. The highest BCUT2D eigenvalue weighted by Gasteiger charge is 2.95. The van der Waals surface area contributed by atoms with Gasteiger partial charge in [0.2, 0.25) is 0 Å². The van der Waals surface area contributed by atoms with Crippen LogP contribution in [-0.4, -0.2) is 60.2 Å². The van der Waals surface area contributed by atoms with Crippen molar-refractivity contribution in [3.8, 4) is 0 Å². The first-order valence-corrected chi connectivity index (χ1v) is 11.2. The molecule has 0 bridgehead atoms. The third-order valence-corrected chi connectivity index (χ3v) is 5.51. The summed E-state index contributed by atoms with van der Waals surface area (Å²) >= 11 is 0. The molecule has 0 heterocycles. The van der Waals surface area contributed by atoms with E-state index in [-0.39, 0.29) is 6.42 Å². The third-order valence-electron chi connectivity index (χ3n) is 5.51. The van der Waals surface area contributed by atoms with E-state index in [1.807, 2.05) is 0 Å². The Labute approximate surface area is 215 Å². The van der Waals surface area contributed by atoms with Crippen LogP contribution in [0.5, 0.6) is 0 Å². The SMILES string of the molecule is C=CCCCCCCCCC(=O)OCCC(F)(F)C(F)(F)C(F)(F)C(F)(F)C(F)(F)C(F)(F)C(F)(F)C(F)(F)F. The molecule has 0 saturated heterocycles. The van der Waals surface area contributed by atoms with Crippen LogP contribution in [0.3, 0.4) is 0 Å². The Balaban J connectivity index is 5.49. The summed E-state index contributed by atoms with van der Waals surface area (Å²) in [5.41, 5.74) is 0. The second-order valence-corrected chi connectivity index (χ2v) is 8.57. The molecule has 238 valence electrons. The predicted molar refractivity (Wildman–Crippen MR) is 103 cm³/mol. The normalized spacial score (nSPS) is 14.8. The average molecular weight is 630 g/mol. The molecule has 0 aromatic carbocycles. The molecule has 0 aromatic rings. The predicted octanol–water partition coefficient (Wildman–Crippen LogP) is 9.24. The number of carbonyl (C=O) groups is 1. The van der Waals surface area contributed by atoms with Crippen molar-refractivity contribution in [2.24, 2.45) is 0 Å². The number of esters is 1. The topological polar surface area (TPSA) is 26.3 Å². The zero-order valence-corrected chi connectivity index (χ0v) is 20.1. The summed E-state index contributed by atoms with van der Waals surface area (Å²) < 4.78 is 228. The van der Waals surface area contributed by atoms with E-state index >= 15 is 0 Å². The molecule has 0 aromatic heterocycles. The number of hydrogen-bond donors (Lipinski definition) is 0. The van der Waals surface area contributed by atoms with Gasteiger partial charge in [-0.2, -0.15) is 74.6 Å². The first-order chi connectivity index (χ1) is 17.7. The molecule has 40 heavy (non-hydrogen) atoms. The van der Waals surface area contributed by atoms with Crippen LogP contribution in [-0.2, 0) is 9.53 Å².